The molecule has 3 N–H and O–H groups in total. The Morgan fingerprint density at radius 3 is 2.65 bits per heavy atom. The predicted octanol–water partition coefficient (Wildman–Crippen LogP) is 1.24. The molecule has 0 aliphatic carbocycles. The van der Waals surface area contributed by atoms with Gasteiger partial charge in [-0.05, 0) is 18.2 Å². The summed E-state index contributed by atoms with van der Waals surface area (Å²) in [5.41, 5.74) is 2.72. The normalized spacial score (nSPS) is 14.2. The Kier molecular flexibility index (Phi) is 3.99. The lowest BCUT2D eigenvalue weighted by atomic mass is 10.1. The van der Waals surface area contributed by atoms with E-state index in [-0.39, 0.29) is 35.0 Å². The average molecular weight is 296 g/mol. The van der Waals surface area contributed by atoms with Crippen molar-refractivity contribution in [3.63, 3.8) is 0 Å². The molecule has 1 aromatic carbocycles. The fourth-order valence-corrected chi connectivity index (χ4v) is 1.87. The Labute approximate surface area is 118 Å². The number of carbonyl (C=O) groups excluding carboxylic acids is 2. The number of carbonyl (C=O) groups is 3. The Morgan fingerprint density at radius 2 is 2.10 bits per heavy atom. The van der Waals surface area contributed by atoms with Crippen molar-refractivity contribution in [3.8, 4) is 0 Å². The van der Waals surface area contributed by atoms with Crippen LogP contribution in [-0.4, -0.2) is 28.6 Å². The number of hydrogen-bond donors (Lipinski definition) is 3. The topological polar surface area (TPSA) is 108 Å². The van der Waals surface area contributed by atoms with Gasteiger partial charge in [0.15, 0.2) is 0 Å². The van der Waals surface area contributed by atoms with E-state index in [0.29, 0.717) is 5.69 Å². The van der Waals surface area contributed by atoms with Gasteiger partial charge < -0.3 is 10.4 Å². The monoisotopic (exact) mass is 295 g/mol. The van der Waals surface area contributed by atoms with Crippen molar-refractivity contribution in [3.05, 3.63) is 28.8 Å². The van der Waals surface area contributed by atoms with E-state index in [4.69, 9.17) is 16.7 Å². The number of benzene rings is 1. The van der Waals surface area contributed by atoms with E-state index < -0.39 is 11.9 Å². The first-order chi connectivity index (χ1) is 9.47. The summed E-state index contributed by atoms with van der Waals surface area (Å²) in [7, 11) is 0. The van der Waals surface area contributed by atoms with E-state index in [9.17, 15) is 14.4 Å². The first-order valence-corrected chi connectivity index (χ1v) is 6.05. The van der Waals surface area contributed by atoms with E-state index >= 15 is 0 Å². The van der Waals surface area contributed by atoms with E-state index in [1.54, 1.807) is 0 Å². The number of amides is 2. The van der Waals surface area contributed by atoms with Gasteiger partial charge in [0.1, 0.15) is 5.71 Å². The van der Waals surface area contributed by atoms with Gasteiger partial charge in [0.05, 0.1) is 10.6 Å². The first kappa shape index (κ1) is 14.0. The van der Waals surface area contributed by atoms with E-state index in [0.717, 1.165) is 0 Å². The molecule has 0 aromatic heterocycles. The second kappa shape index (κ2) is 5.70. The van der Waals surface area contributed by atoms with Gasteiger partial charge in [0, 0.05) is 18.5 Å². The molecule has 2 rings (SSSR count). The molecule has 7 nitrogen and oxygen atoms in total. The number of carboxylic acids is 1. The van der Waals surface area contributed by atoms with Crippen LogP contribution in [0.15, 0.2) is 23.3 Å². The molecule has 1 aromatic rings. The molecule has 0 atom stereocenters. The average Bonchev–Trinajstić information content (AvgIpc) is 2.39. The molecule has 1 heterocycles. The van der Waals surface area contributed by atoms with Crippen molar-refractivity contribution >= 4 is 40.8 Å². The largest absolute Gasteiger partial charge is 0.478 e. The summed E-state index contributed by atoms with van der Waals surface area (Å²) >= 11 is 5.79. The predicted molar refractivity (Wildman–Crippen MR) is 71.9 cm³/mol. The zero-order valence-corrected chi connectivity index (χ0v) is 10.9. The Hall–Kier alpha value is -2.41. The molecule has 0 spiro atoms. The number of aromatic carboxylic acids is 1. The van der Waals surface area contributed by atoms with Crippen LogP contribution in [0.5, 0.6) is 0 Å². The Bertz CT molecular complexity index is 627. The van der Waals surface area contributed by atoms with Crippen LogP contribution < -0.4 is 10.7 Å². The third kappa shape index (κ3) is 3.12. The van der Waals surface area contributed by atoms with Gasteiger partial charge in [-0.2, -0.15) is 5.10 Å². The summed E-state index contributed by atoms with van der Waals surface area (Å²) in [6.45, 7) is 0. The molecule has 0 radical (unpaired) electrons. The van der Waals surface area contributed by atoms with Crippen LogP contribution in [-0.2, 0) is 9.59 Å². The molecule has 0 saturated heterocycles. The van der Waals surface area contributed by atoms with Gasteiger partial charge in [-0.25, -0.2) is 10.2 Å². The van der Waals surface area contributed by atoms with Gasteiger partial charge in [-0.15, -0.1) is 0 Å². The number of carboxylic acid groups (broad SMARTS) is 1. The fourth-order valence-electron chi connectivity index (χ4n) is 1.61. The van der Waals surface area contributed by atoms with E-state index in [1.807, 2.05) is 0 Å². The van der Waals surface area contributed by atoms with E-state index in [1.165, 1.54) is 18.2 Å². The highest BCUT2D eigenvalue weighted by Crippen LogP contribution is 2.21. The highest BCUT2D eigenvalue weighted by Gasteiger charge is 2.18. The lowest BCUT2D eigenvalue weighted by molar-refractivity contribution is -0.121. The molecule has 1 aliphatic heterocycles. The zero-order chi connectivity index (χ0) is 14.7. The number of halogens is 1. The van der Waals surface area contributed by atoms with Crippen molar-refractivity contribution in [2.45, 2.75) is 12.8 Å². The lowest BCUT2D eigenvalue weighted by Crippen LogP contribution is -2.32. The van der Waals surface area contributed by atoms with Crippen LogP contribution in [0.1, 0.15) is 23.2 Å². The smallest absolute Gasteiger partial charge is 0.337 e. The quantitative estimate of drug-likeness (QED) is 0.779. The summed E-state index contributed by atoms with van der Waals surface area (Å²) in [6.07, 6.45) is 0.448. The number of hydrazone groups is 1. The third-order valence-corrected chi connectivity index (χ3v) is 2.94. The van der Waals surface area contributed by atoms with E-state index in [2.05, 4.69) is 15.8 Å². The van der Waals surface area contributed by atoms with Crippen LogP contribution in [0.3, 0.4) is 0 Å². The molecule has 0 bridgehead atoms. The maximum absolute atomic E-state index is 11.9. The standard InChI is InChI=1S/C12H10ClN3O4/c13-8-5-6(1-2-7(8)12(19)20)14-11(18)9-3-4-10(17)16-15-9/h1-2,5H,3-4H2,(H,14,18)(H,16,17)(H,19,20). The molecule has 0 unspecified atom stereocenters. The van der Waals surface area contributed by atoms with Crippen LogP contribution in [0.2, 0.25) is 5.02 Å². The van der Waals surface area contributed by atoms with Crippen LogP contribution in [0.4, 0.5) is 5.69 Å². The molecule has 0 fully saturated rings. The minimum Gasteiger partial charge on any atom is -0.478 e. The molecule has 8 heteroatoms. The van der Waals surface area contributed by atoms with Crippen molar-refractivity contribution in [2.75, 3.05) is 5.32 Å². The molecular weight excluding hydrogens is 286 g/mol. The summed E-state index contributed by atoms with van der Waals surface area (Å²) in [6, 6.07) is 4.06. The third-order valence-electron chi connectivity index (χ3n) is 2.62. The lowest BCUT2D eigenvalue weighted by Gasteiger charge is -2.12. The summed E-state index contributed by atoms with van der Waals surface area (Å²) in [5, 5.41) is 15.0. The molecule has 104 valence electrons. The molecule has 0 saturated carbocycles. The van der Waals surface area contributed by atoms with Crippen molar-refractivity contribution in [2.24, 2.45) is 5.10 Å². The highest BCUT2D eigenvalue weighted by atomic mass is 35.5. The summed E-state index contributed by atoms with van der Waals surface area (Å²) < 4.78 is 0. The van der Waals surface area contributed by atoms with Crippen molar-refractivity contribution in [1.82, 2.24) is 5.43 Å². The zero-order valence-electron chi connectivity index (χ0n) is 10.1. The van der Waals surface area contributed by atoms with Crippen molar-refractivity contribution < 1.29 is 19.5 Å². The fraction of sp³-hybridized carbons (Fsp3) is 0.167. The minimum atomic E-state index is -1.15. The van der Waals surface area contributed by atoms with Gasteiger partial charge in [-0.3, -0.25) is 9.59 Å². The summed E-state index contributed by atoms with van der Waals surface area (Å²) in [4.78, 5) is 33.6. The first-order valence-electron chi connectivity index (χ1n) is 5.67. The number of nitrogens with one attached hydrogen (secondary N) is 2. The SMILES string of the molecule is O=C1CCC(C(=O)Nc2ccc(C(=O)O)c(Cl)c2)=NN1. The van der Waals surface area contributed by atoms with Crippen LogP contribution >= 0.6 is 11.6 Å². The van der Waals surface area contributed by atoms with Gasteiger partial charge in [-0.1, -0.05) is 11.6 Å². The van der Waals surface area contributed by atoms with Crippen molar-refractivity contribution in [1.29, 1.82) is 0 Å². The van der Waals surface area contributed by atoms with Crippen LogP contribution in [0.25, 0.3) is 0 Å². The van der Waals surface area contributed by atoms with Gasteiger partial charge >= 0.3 is 5.97 Å². The molecule has 2 amide bonds. The number of anilines is 1. The Morgan fingerprint density at radius 1 is 1.35 bits per heavy atom. The van der Waals surface area contributed by atoms with Crippen LogP contribution in [0, 0.1) is 0 Å². The molecular formula is C12H10ClN3O4. The number of hydrogen-bond acceptors (Lipinski definition) is 4. The van der Waals surface area contributed by atoms with Gasteiger partial charge in [0.2, 0.25) is 5.91 Å². The Balaban J connectivity index is 2.10. The second-order valence-electron chi connectivity index (χ2n) is 4.05. The van der Waals surface area contributed by atoms with Gasteiger partial charge in [0.25, 0.3) is 5.91 Å². The highest BCUT2D eigenvalue weighted by molar-refractivity contribution is 6.43. The summed E-state index contributed by atoms with van der Waals surface area (Å²) in [5.74, 6) is -1.85. The minimum absolute atomic E-state index is 0.0224. The maximum atomic E-state index is 11.9. The number of nitrogens with zero attached hydrogens (tertiary/aromatic N) is 1. The molecule has 1 aliphatic rings. The second-order valence-corrected chi connectivity index (χ2v) is 4.45. The molecule has 20 heavy (non-hydrogen) atoms. The number of rotatable bonds is 3. The maximum Gasteiger partial charge on any atom is 0.337 e.